The monoisotopic (exact) mass is 322 g/mol. The Labute approximate surface area is 140 Å². The highest BCUT2D eigenvalue weighted by molar-refractivity contribution is 5.95. The van der Waals surface area contributed by atoms with Crippen LogP contribution in [-0.2, 0) is 0 Å². The number of aromatic nitrogens is 1. The van der Waals surface area contributed by atoms with Crippen LogP contribution < -0.4 is 5.32 Å². The molecule has 0 aliphatic heterocycles. The fraction of sp³-hybridized carbons (Fsp3) is 0.158. The van der Waals surface area contributed by atoms with E-state index in [-0.39, 0.29) is 12.5 Å². The molecular formula is C19H18N2O3. The van der Waals surface area contributed by atoms with Gasteiger partial charge in [0.25, 0.3) is 5.91 Å². The normalized spacial score (nSPS) is 11.9. The third-order valence-corrected chi connectivity index (χ3v) is 3.74. The van der Waals surface area contributed by atoms with Gasteiger partial charge < -0.3 is 14.8 Å². The van der Waals surface area contributed by atoms with Crippen molar-refractivity contribution in [2.24, 2.45) is 0 Å². The number of hydrogen-bond donors (Lipinski definition) is 2. The van der Waals surface area contributed by atoms with Crippen molar-refractivity contribution in [1.29, 1.82) is 0 Å². The number of amides is 1. The molecule has 3 aromatic rings. The Morgan fingerprint density at radius 2 is 1.96 bits per heavy atom. The maximum absolute atomic E-state index is 12.3. The Kier molecular flexibility index (Phi) is 4.72. The van der Waals surface area contributed by atoms with Gasteiger partial charge in [-0.15, -0.1) is 0 Å². The molecule has 2 heterocycles. The van der Waals surface area contributed by atoms with E-state index in [0.717, 1.165) is 5.56 Å². The van der Waals surface area contributed by atoms with Gasteiger partial charge in [-0.25, -0.2) is 4.98 Å². The number of nitrogens with zero attached hydrogens (tertiary/aromatic N) is 1. The molecule has 24 heavy (non-hydrogen) atoms. The Morgan fingerprint density at radius 1 is 1.17 bits per heavy atom. The maximum Gasteiger partial charge on any atom is 0.253 e. The molecule has 3 rings (SSSR count). The van der Waals surface area contributed by atoms with Crippen LogP contribution in [0.5, 0.6) is 0 Å². The minimum absolute atomic E-state index is 0.141. The van der Waals surface area contributed by atoms with Gasteiger partial charge in [-0.05, 0) is 36.8 Å². The second-order valence-corrected chi connectivity index (χ2v) is 5.44. The van der Waals surface area contributed by atoms with Crippen molar-refractivity contribution >= 4 is 5.91 Å². The summed E-state index contributed by atoms with van der Waals surface area (Å²) >= 11 is 0. The molecule has 5 nitrogen and oxygen atoms in total. The minimum atomic E-state index is -0.745. The van der Waals surface area contributed by atoms with Crippen molar-refractivity contribution < 1.29 is 14.3 Å². The smallest absolute Gasteiger partial charge is 0.253 e. The molecule has 0 saturated heterocycles. The Morgan fingerprint density at radius 3 is 2.62 bits per heavy atom. The van der Waals surface area contributed by atoms with E-state index in [0.29, 0.717) is 22.7 Å². The SMILES string of the molecule is Cc1nc(-c2ccco2)ccc1C(=O)NC[C@H](O)c1ccccc1. The second-order valence-electron chi connectivity index (χ2n) is 5.44. The summed E-state index contributed by atoms with van der Waals surface area (Å²) in [4.78, 5) is 16.7. The summed E-state index contributed by atoms with van der Waals surface area (Å²) in [6, 6.07) is 16.3. The zero-order chi connectivity index (χ0) is 16.9. The van der Waals surface area contributed by atoms with Crippen molar-refractivity contribution in [3.63, 3.8) is 0 Å². The van der Waals surface area contributed by atoms with Gasteiger partial charge in [-0.2, -0.15) is 0 Å². The van der Waals surface area contributed by atoms with Crippen LogP contribution in [0.4, 0.5) is 0 Å². The highest BCUT2D eigenvalue weighted by Crippen LogP contribution is 2.19. The molecule has 1 amide bonds. The van der Waals surface area contributed by atoms with Crippen LogP contribution in [0.2, 0.25) is 0 Å². The summed E-state index contributed by atoms with van der Waals surface area (Å²) in [5, 5.41) is 12.9. The predicted octanol–water partition coefficient (Wildman–Crippen LogP) is 3.11. The van der Waals surface area contributed by atoms with Crippen LogP contribution in [0.3, 0.4) is 0 Å². The third kappa shape index (κ3) is 3.52. The molecule has 1 atom stereocenters. The average Bonchev–Trinajstić information content (AvgIpc) is 3.14. The number of carbonyl (C=O) groups is 1. The zero-order valence-electron chi connectivity index (χ0n) is 13.3. The summed E-state index contributed by atoms with van der Waals surface area (Å²) in [5.41, 5.74) is 2.53. The van der Waals surface area contributed by atoms with E-state index in [4.69, 9.17) is 4.42 Å². The maximum atomic E-state index is 12.3. The third-order valence-electron chi connectivity index (χ3n) is 3.74. The lowest BCUT2D eigenvalue weighted by Crippen LogP contribution is -2.29. The molecule has 5 heteroatoms. The van der Waals surface area contributed by atoms with Gasteiger partial charge in [0.1, 0.15) is 5.69 Å². The van der Waals surface area contributed by atoms with Crippen molar-refractivity contribution in [1.82, 2.24) is 10.3 Å². The van der Waals surface area contributed by atoms with E-state index in [1.165, 1.54) is 0 Å². The highest BCUT2D eigenvalue weighted by Gasteiger charge is 2.14. The first-order valence-electron chi connectivity index (χ1n) is 7.68. The molecule has 0 spiro atoms. The van der Waals surface area contributed by atoms with Gasteiger partial charge >= 0.3 is 0 Å². The number of carbonyl (C=O) groups excluding carboxylic acids is 1. The van der Waals surface area contributed by atoms with Crippen molar-refractivity contribution in [2.75, 3.05) is 6.54 Å². The van der Waals surface area contributed by atoms with Crippen molar-refractivity contribution in [2.45, 2.75) is 13.0 Å². The van der Waals surface area contributed by atoms with Crippen LogP contribution in [-0.4, -0.2) is 22.5 Å². The van der Waals surface area contributed by atoms with E-state index in [1.807, 2.05) is 36.4 Å². The molecule has 1 aromatic carbocycles. The largest absolute Gasteiger partial charge is 0.463 e. The van der Waals surface area contributed by atoms with Gasteiger partial charge in [0.2, 0.25) is 0 Å². The van der Waals surface area contributed by atoms with Crippen LogP contribution in [0.1, 0.15) is 27.7 Å². The molecule has 2 aromatic heterocycles. The van der Waals surface area contributed by atoms with E-state index in [9.17, 15) is 9.90 Å². The van der Waals surface area contributed by atoms with E-state index >= 15 is 0 Å². The summed E-state index contributed by atoms with van der Waals surface area (Å²) < 4.78 is 5.31. The molecule has 0 fully saturated rings. The minimum Gasteiger partial charge on any atom is -0.463 e. The lowest BCUT2D eigenvalue weighted by atomic mass is 10.1. The first-order chi connectivity index (χ1) is 11.6. The Hall–Kier alpha value is -2.92. The molecule has 0 unspecified atom stereocenters. The van der Waals surface area contributed by atoms with Crippen molar-refractivity contribution in [3.05, 3.63) is 77.7 Å². The Balaban J connectivity index is 1.67. The van der Waals surface area contributed by atoms with Gasteiger partial charge in [0, 0.05) is 6.54 Å². The van der Waals surface area contributed by atoms with E-state index in [1.54, 1.807) is 31.4 Å². The van der Waals surface area contributed by atoms with E-state index < -0.39 is 6.10 Å². The van der Waals surface area contributed by atoms with Crippen LogP contribution in [0, 0.1) is 6.92 Å². The Bertz CT molecular complexity index is 814. The molecule has 0 aliphatic rings. The van der Waals surface area contributed by atoms with Crippen LogP contribution in [0.15, 0.2) is 65.3 Å². The summed E-state index contributed by atoms with van der Waals surface area (Å²) in [6.07, 6.45) is 0.837. The van der Waals surface area contributed by atoms with Gasteiger partial charge in [0.05, 0.1) is 23.6 Å². The van der Waals surface area contributed by atoms with Gasteiger partial charge in [-0.3, -0.25) is 4.79 Å². The quantitative estimate of drug-likeness (QED) is 0.757. The van der Waals surface area contributed by atoms with Crippen LogP contribution >= 0.6 is 0 Å². The number of rotatable bonds is 5. The predicted molar refractivity (Wildman–Crippen MR) is 90.4 cm³/mol. The number of pyridine rings is 1. The number of aliphatic hydroxyl groups is 1. The number of aryl methyl sites for hydroxylation is 1. The number of aliphatic hydroxyl groups excluding tert-OH is 1. The highest BCUT2D eigenvalue weighted by atomic mass is 16.3. The molecular weight excluding hydrogens is 304 g/mol. The number of furan rings is 1. The molecule has 0 radical (unpaired) electrons. The summed E-state index contributed by atoms with van der Waals surface area (Å²) in [5.74, 6) is 0.394. The fourth-order valence-corrected chi connectivity index (χ4v) is 2.44. The number of nitrogens with one attached hydrogen (secondary N) is 1. The van der Waals surface area contributed by atoms with Crippen molar-refractivity contribution in [3.8, 4) is 11.5 Å². The number of benzene rings is 1. The van der Waals surface area contributed by atoms with Gasteiger partial charge in [-0.1, -0.05) is 30.3 Å². The fourth-order valence-electron chi connectivity index (χ4n) is 2.44. The summed E-state index contributed by atoms with van der Waals surface area (Å²) in [7, 11) is 0. The zero-order valence-corrected chi connectivity index (χ0v) is 13.3. The molecule has 2 N–H and O–H groups in total. The summed E-state index contributed by atoms with van der Waals surface area (Å²) in [6.45, 7) is 1.91. The topological polar surface area (TPSA) is 75.4 Å². The van der Waals surface area contributed by atoms with Gasteiger partial charge in [0.15, 0.2) is 5.76 Å². The standard InChI is InChI=1S/C19H18N2O3/c1-13-15(9-10-16(21-13)18-8-5-11-24-18)19(23)20-12-17(22)14-6-3-2-4-7-14/h2-11,17,22H,12H2,1H3,(H,20,23)/t17-/m0/s1. The first kappa shape index (κ1) is 16.0. The van der Waals surface area contributed by atoms with E-state index in [2.05, 4.69) is 10.3 Å². The molecule has 0 saturated carbocycles. The lowest BCUT2D eigenvalue weighted by Gasteiger charge is -2.13. The lowest BCUT2D eigenvalue weighted by molar-refractivity contribution is 0.0915. The second kappa shape index (κ2) is 7.10. The molecule has 122 valence electrons. The van der Waals surface area contributed by atoms with Crippen LogP contribution in [0.25, 0.3) is 11.5 Å². The average molecular weight is 322 g/mol. The molecule has 0 bridgehead atoms. The molecule has 0 aliphatic carbocycles. The first-order valence-corrected chi connectivity index (χ1v) is 7.68. The number of hydrogen-bond acceptors (Lipinski definition) is 4.